The Labute approximate surface area is 97.8 Å². The fraction of sp³-hybridized carbons (Fsp3) is 0.923. The summed E-state index contributed by atoms with van der Waals surface area (Å²) in [5.74, 6) is 0.670. The van der Waals surface area contributed by atoms with Crippen LogP contribution in [0.15, 0.2) is 0 Å². The molecule has 0 saturated carbocycles. The van der Waals surface area contributed by atoms with Gasteiger partial charge in [0.1, 0.15) is 0 Å². The molecule has 1 fully saturated rings. The summed E-state index contributed by atoms with van der Waals surface area (Å²) in [7, 11) is 3.56. The van der Waals surface area contributed by atoms with E-state index in [0.717, 1.165) is 5.48 Å². The maximum atomic E-state index is 5.56. The van der Waals surface area contributed by atoms with Crippen LogP contribution in [0.4, 0.5) is 0 Å². The van der Waals surface area contributed by atoms with Crippen LogP contribution in [-0.2, 0) is 4.74 Å². The Balaban J connectivity index is 0.000000921. The van der Waals surface area contributed by atoms with Crippen molar-refractivity contribution in [3.8, 4) is 0 Å². The van der Waals surface area contributed by atoms with Crippen molar-refractivity contribution in [2.24, 2.45) is 5.92 Å². The van der Waals surface area contributed by atoms with Crippen molar-refractivity contribution in [3.05, 3.63) is 0 Å². The lowest BCUT2D eigenvalue weighted by Crippen LogP contribution is -2.04. The summed E-state index contributed by atoms with van der Waals surface area (Å²) in [6.45, 7) is 8.40. The van der Waals surface area contributed by atoms with Crippen LogP contribution in [0.1, 0.15) is 66.2 Å². The Morgan fingerprint density at radius 1 is 1.27 bits per heavy atom. The minimum Gasteiger partial charge on any atom is -0.343 e. The standard InChI is InChI=1S/C11H21OP.C2H6/c1-3-4-5-6-7-10-8-9(2)12-11(10)13;1-2/h9-10,13H,3-8H2,1-2H3;1-2H3. The molecule has 0 bridgehead atoms. The second-order valence-corrected chi connectivity index (χ2v) is 4.57. The van der Waals surface area contributed by atoms with E-state index in [0.29, 0.717) is 12.0 Å². The van der Waals surface area contributed by atoms with Crippen LogP contribution >= 0.6 is 8.86 Å². The van der Waals surface area contributed by atoms with E-state index in [2.05, 4.69) is 22.7 Å². The highest BCUT2D eigenvalue weighted by Crippen LogP contribution is 2.27. The first kappa shape index (κ1) is 15.1. The summed E-state index contributed by atoms with van der Waals surface area (Å²) in [4.78, 5) is 0. The molecule has 0 N–H and O–H groups in total. The molecule has 1 aliphatic heterocycles. The van der Waals surface area contributed by atoms with E-state index in [1.54, 1.807) is 0 Å². The predicted octanol–water partition coefficient (Wildman–Crippen LogP) is 4.68. The van der Waals surface area contributed by atoms with Crippen LogP contribution < -0.4 is 0 Å². The topological polar surface area (TPSA) is 9.23 Å². The predicted molar refractivity (Wildman–Crippen MR) is 72.1 cm³/mol. The molecule has 15 heavy (non-hydrogen) atoms. The zero-order chi connectivity index (χ0) is 11.7. The van der Waals surface area contributed by atoms with Gasteiger partial charge < -0.3 is 4.74 Å². The van der Waals surface area contributed by atoms with Gasteiger partial charge in [0.25, 0.3) is 0 Å². The lowest BCUT2D eigenvalue weighted by Gasteiger charge is -2.07. The summed E-state index contributed by atoms with van der Waals surface area (Å²) in [6, 6.07) is 0. The molecule has 0 aromatic rings. The SMILES string of the molecule is CC.CCCCCCC1CC(C)OC1=P. The lowest BCUT2D eigenvalue weighted by molar-refractivity contribution is 0.244. The molecular weight excluding hydrogens is 203 g/mol. The minimum absolute atomic E-state index is 0.420. The van der Waals surface area contributed by atoms with Gasteiger partial charge in [-0.25, -0.2) is 0 Å². The van der Waals surface area contributed by atoms with Crippen molar-refractivity contribution in [1.82, 2.24) is 0 Å². The number of hydrogen-bond donors (Lipinski definition) is 0. The molecular formula is C13H27OP. The second-order valence-electron chi connectivity index (χ2n) is 4.07. The first-order valence-corrected chi connectivity index (χ1v) is 6.99. The highest BCUT2D eigenvalue weighted by atomic mass is 31.0. The van der Waals surface area contributed by atoms with Gasteiger partial charge in [-0.1, -0.05) is 55.3 Å². The molecule has 2 heteroatoms. The van der Waals surface area contributed by atoms with E-state index in [1.165, 1.54) is 38.5 Å². The lowest BCUT2D eigenvalue weighted by atomic mass is 9.98. The summed E-state index contributed by atoms with van der Waals surface area (Å²) in [5.41, 5.74) is 1.09. The third-order valence-electron chi connectivity index (χ3n) is 2.72. The van der Waals surface area contributed by atoms with Crippen LogP contribution in [0, 0.1) is 5.92 Å². The van der Waals surface area contributed by atoms with E-state index in [9.17, 15) is 0 Å². The number of rotatable bonds is 5. The largest absolute Gasteiger partial charge is 0.343 e. The van der Waals surface area contributed by atoms with Crippen LogP contribution in [0.25, 0.3) is 0 Å². The molecule has 0 amide bonds. The van der Waals surface area contributed by atoms with Crippen molar-refractivity contribution in [2.45, 2.75) is 72.3 Å². The van der Waals surface area contributed by atoms with Gasteiger partial charge in [0, 0.05) is 5.92 Å². The maximum absolute atomic E-state index is 5.56. The highest BCUT2D eigenvalue weighted by molar-refractivity contribution is 7.20. The summed E-state index contributed by atoms with van der Waals surface area (Å²) < 4.78 is 5.56. The van der Waals surface area contributed by atoms with Gasteiger partial charge in [0.2, 0.25) is 0 Å². The molecule has 1 saturated heterocycles. The Hall–Kier alpha value is 0.130. The monoisotopic (exact) mass is 230 g/mol. The molecule has 0 spiro atoms. The molecule has 1 rings (SSSR count). The average molecular weight is 230 g/mol. The molecule has 0 aromatic carbocycles. The number of ether oxygens (including phenoxy) is 1. The third-order valence-corrected chi connectivity index (χ3v) is 3.25. The van der Waals surface area contributed by atoms with Crippen LogP contribution in [0.5, 0.6) is 0 Å². The molecule has 0 aromatic heterocycles. The zero-order valence-electron chi connectivity index (χ0n) is 10.8. The highest BCUT2D eigenvalue weighted by Gasteiger charge is 2.25. The first-order chi connectivity index (χ1) is 7.24. The maximum Gasteiger partial charge on any atom is 0.0749 e. The molecule has 90 valence electrons. The van der Waals surface area contributed by atoms with Gasteiger partial charge in [0.05, 0.1) is 11.6 Å². The quantitative estimate of drug-likeness (QED) is 0.492. The normalized spacial score (nSPS) is 24.9. The van der Waals surface area contributed by atoms with Gasteiger partial charge in [-0.2, -0.15) is 0 Å². The van der Waals surface area contributed by atoms with Crippen LogP contribution in [-0.4, -0.2) is 11.6 Å². The van der Waals surface area contributed by atoms with Gasteiger partial charge in [-0.3, -0.25) is 0 Å². The van der Waals surface area contributed by atoms with Gasteiger partial charge in [-0.05, 0) is 19.8 Å². The van der Waals surface area contributed by atoms with Crippen LogP contribution in [0.3, 0.4) is 0 Å². The van der Waals surface area contributed by atoms with Gasteiger partial charge in [0.15, 0.2) is 0 Å². The van der Waals surface area contributed by atoms with E-state index < -0.39 is 0 Å². The van der Waals surface area contributed by atoms with Gasteiger partial charge >= 0.3 is 0 Å². The fourth-order valence-corrected chi connectivity index (χ4v) is 2.40. The van der Waals surface area contributed by atoms with E-state index >= 15 is 0 Å². The van der Waals surface area contributed by atoms with E-state index in [-0.39, 0.29) is 0 Å². The van der Waals surface area contributed by atoms with Crippen molar-refractivity contribution in [1.29, 1.82) is 0 Å². The summed E-state index contributed by atoms with van der Waals surface area (Å²) >= 11 is 0. The van der Waals surface area contributed by atoms with Crippen molar-refractivity contribution in [3.63, 3.8) is 0 Å². The average Bonchev–Trinajstić information content (AvgIpc) is 2.55. The molecule has 1 heterocycles. The Kier molecular flexibility index (Phi) is 9.44. The molecule has 1 nitrogen and oxygen atoms in total. The minimum atomic E-state index is 0.420. The Morgan fingerprint density at radius 3 is 2.40 bits per heavy atom. The fourth-order valence-electron chi connectivity index (χ4n) is 1.94. The zero-order valence-corrected chi connectivity index (χ0v) is 11.8. The van der Waals surface area contributed by atoms with Crippen LogP contribution in [0.2, 0.25) is 0 Å². The van der Waals surface area contributed by atoms with E-state index in [4.69, 9.17) is 4.74 Å². The molecule has 2 atom stereocenters. The van der Waals surface area contributed by atoms with Gasteiger partial charge in [-0.15, -0.1) is 0 Å². The van der Waals surface area contributed by atoms with Crippen molar-refractivity contribution >= 4 is 14.3 Å². The summed E-state index contributed by atoms with van der Waals surface area (Å²) in [5, 5.41) is 0. The molecule has 1 aliphatic rings. The Bertz CT molecular complexity index is 168. The van der Waals surface area contributed by atoms with Crippen molar-refractivity contribution in [2.75, 3.05) is 0 Å². The smallest absolute Gasteiger partial charge is 0.0749 e. The first-order valence-electron chi connectivity index (χ1n) is 6.49. The van der Waals surface area contributed by atoms with E-state index in [1.807, 2.05) is 13.8 Å². The third kappa shape index (κ3) is 6.33. The summed E-state index contributed by atoms with van der Waals surface area (Å²) in [6.07, 6.45) is 8.34. The number of hydrogen-bond acceptors (Lipinski definition) is 1. The second kappa shape index (κ2) is 9.36. The Morgan fingerprint density at radius 2 is 1.93 bits per heavy atom. The molecule has 0 aliphatic carbocycles. The molecule has 0 radical (unpaired) electrons. The number of unbranched alkanes of at least 4 members (excludes halogenated alkanes) is 3. The molecule has 2 unspecified atom stereocenters. The van der Waals surface area contributed by atoms with Crippen molar-refractivity contribution < 1.29 is 4.74 Å².